The smallest absolute Gasteiger partial charge is 0.236 e. The van der Waals surface area contributed by atoms with Crippen molar-refractivity contribution >= 4 is 27.3 Å². The zero-order valence-electron chi connectivity index (χ0n) is 16.3. The van der Waals surface area contributed by atoms with E-state index < -0.39 is 9.84 Å². The fraction of sp³-hybridized carbons (Fsp3) is 0.318. The Morgan fingerprint density at radius 2 is 1.69 bits per heavy atom. The average molecular weight is 431 g/mol. The van der Waals surface area contributed by atoms with Crippen LogP contribution < -0.4 is 4.90 Å². The number of anilines is 1. The molecule has 0 saturated carbocycles. The Bertz CT molecular complexity index is 1100. The van der Waals surface area contributed by atoms with Crippen molar-refractivity contribution in [2.45, 2.75) is 42.5 Å². The molecule has 0 N–H and O–H groups in total. The highest BCUT2D eigenvalue weighted by atomic mass is 35.5. The van der Waals surface area contributed by atoms with Gasteiger partial charge in [-0.25, -0.2) is 8.42 Å². The number of sulfone groups is 1. The number of halogens is 1. The van der Waals surface area contributed by atoms with Gasteiger partial charge in [0, 0.05) is 23.7 Å². The Hall–Kier alpha value is -2.31. The quantitative estimate of drug-likeness (QED) is 0.545. The first-order chi connectivity index (χ1) is 13.9. The number of oxazole rings is 1. The van der Waals surface area contributed by atoms with E-state index in [2.05, 4.69) is 4.98 Å². The van der Waals surface area contributed by atoms with E-state index in [4.69, 9.17) is 16.0 Å². The molecule has 1 fully saturated rings. The van der Waals surface area contributed by atoms with Crippen LogP contribution in [0.15, 0.2) is 62.9 Å². The Balaban J connectivity index is 1.85. The van der Waals surface area contributed by atoms with Gasteiger partial charge in [-0.2, -0.15) is 4.98 Å². The summed E-state index contributed by atoms with van der Waals surface area (Å²) < 4.78 is 32.9. The molecular weight excluding hydrogens is 408 g/mol. The van der Waals surface area contributed by atoms with Gasteiger partial charge >= 0.3 is 0 Å². The normalized spacial score (nSPS) is 15.3. The number of nitrogens with zero attached hydrogens (tertiary/aromatic N) is 2. The first-order valence-corrected chi connectivity index (χ1v) is 11.6. The number of aromatic nitrogens is 1. The molecule has 29 heavy (non-hydrogen) atoms. The molecule has 0 aliphatic carbocycles. The van der Waals surface area contributed by atoms with Crippen molar-refractivity contribution in [2.24, 2.45) is 0 Å². The minimum absolute atomic E-state index is 0.0294. The maximum atomic E-state index is 13.4. The number of hydrogen-bond donors (Lipinski definition) is 0. The molecule has 1 saturated heterocycles. The summed E-state index contributed by atoms with van der Waals surface area (Å²) in [6, 6.07) is 13.9. The van der Waals surface area contributed by atoms with Gasteiger partial charge in [-0.05, 0) is 56.2 Å². The van der Waals surface area contributed by atoms with Crippen LogP contribution in [0.4, 0.5) is 5.88 Å². The summed E-state index contributed by atoms with van der Waals surface area (Å²) in [5, 5.41) is 0.454. The van der Waals surface area contributed by atoms with Crippen molar-refractivity contribution in [3.63, 3.8) is 0 Å². The Labute approximate surface area is 176 Å². The summed E-state index contributed by atoms with van der Waals surface area (Å²) in [6.45, 7) is 3.49. The van der Waals surface area contributed by atoms with Gasteiger partial charge in [0.2, 0.25) is 26.6 Å². The summed E-state index contributed by atoms with van der Waals surface area (Å²) in [6.07, 6.45) is 4.27. The van der Waals surface area contributed by atoms with Gasteiger partial charge in [-0.3, -0.25) is 0 Å². The van der Waals surface area contributed by atoms with Crippen molar-refractivity contribution in [3.8, 4) is 11.5 Å². The molecule has 0 unspecified atom stereocenters. The second-order valence-electron chi connectivity index (χ2n) is 7.36. The predicted molar refractivity (Wildman–Crippen MR) is 114 cm³/mol. The lowest BCUT2D eigenvalue weighted by atomic mass is 10.1. The van der Waals surface area contributed by atoms with E-state index in [-0.39, 0.29) is 9.92 Å². The van der Waals surface area contributed by atoms with E-state index in [0.717, 1.165) is 49.9 Å². The van der Waals surface area contributed by atoms with E-state index in [1.165, 1.54) is 12.1 Å². The standard InChI is InChI=1S/C22H23ClN2O3S/c1-16-7-6-8-17(15-16)20-24-21(22(28-20)25-13-4-2-3-5-14-25)29(26,27)19-11-9-18(23)10-12-19/h6-12,15H,2-5,13-14H2,1H3. The van der Waals surface area contributed by atoms with Crippen molar-refractivity contribution < 1.29 is 12.8 Å². The highest BCUT2D eigenvalue weighted by molar-refractivity contribution is 7.91. The molecule has 2 aromatic carbocycles. The fourth-order valence-electron chi connectivity index (χ4n) is 3.57. The number of hydrogen-bond acceptors (Lipinski definition) is 5. The molecule has 0 radical (unpaired) electrons. The summed E-state index contributed by atoms with van der Waals surface area (Å²) in [7, 11) is -3.85. The van der Waals surface area contributed by atoms with Gasteiger partial charge in [-0.1, -0.05) is 42.1 Å². The van der Waals surface area contributed by atoms with E-state index in [1.54, 1.807) is 12.1 Å². The van der Waals surface area contributed by atoms with Gasteiger partial charge < -0.3 is 9.32 Å². The number of rotatable bonds is 4. The third-order valence-corrected chi connectivity index (χ3v) is 7.04. The molecule has 0 bridgehead atoms. The van der Waals surface area contributed by atoms with E-state index >= 15 is 0 Å². The summed E-state index contributed by atoms with van der Waals surface area (Å²) >= 11 is 5.94. The van der Waals surface area contributed by atoms with Crippen LogP contribution in [0.5, 0.6) is 0 Å². The zero-order chi connectivity index (χ0) is 20.4. The Morgan fingerprint density at radius 1 is 1.00 bits per heavy atom. The topological polar surface area (TPSA) is 63.4 Å². The van der Waals surface area contributed by atoms with Crippen LogP contribution in [0.2, 0.25) is 5.02 Å². The van der Waals surface area contributed by atoms with Crippen molar-refractivity contribution in [3.05, 3.63) is 59.1 Å². The molecule has 7 heteroatoms. The van der Waals surface area contributed by atoms with Crippen LogP contribution in [-0.4, -0.2) is 26.5 Å². The largest absolute Gasteiger partial charge is 0.419 e. The van der Waals surface area contributed by atoms with Gasteiger partial charge in [-0.15, -0.1) is 0 Å². The van der Waals surface area contributed by atoms with Gasteiger partial charge in [0.25, 0.3) is 0 Å². The molecule has 0 amide bonds. The van der Waals surface area contributed by atoms with Crippen molar-refractivity contribution in [1.29, 1.82) is 0 Å². The number of benzene rings is 2. The first-order valence-electron chi connectivity index (χ1n) is 9.78. The van der Waals surface area contributed by atoms with Crippen LogP contribution >= 0.6 is 11.6 Å². The highest BCUT2D eigenvalue weighted by Crippen LogP contribution is 2.36. The molecule has 0 spiro atoms. The average Bonchev–Trinajstić information content (AvgIpc) is 2.98. The van der Waals surface area contributed by atoms with Crippen LogP contribution in [-0.2, 0) is 9.84 Å². The molecule has 152 valence electrons. The second-order valence-corrected chi connectivity index (χ2v) is 9.66. The highest BCUT2D eigenvalue weighted by Gasteiger charge is 2.31. The molecule has 1 aliphatic rings. The van der Waals surface area contributed by atoms with E-state index in [0.29, 0.717) is 16.8 Å². The Morgan fingerprint density at radius 3 is 2.34 bits per heavy atom. The van der Waals surface area contributed by atoms with Crippen molar-refractivity contribution in [2.75, 3.05) is 18.0 Å². The lowest BCUT2D eigenvalue weighted by Crippen LogP contribution is -2.25. The van der Waals surface area contributed by atoms with E-state index in [1.807, 2.05) is 36.1 Å². The molecule has 3 aromatic rings. The van der Waals surface area contributed by atoms with Crippen LogP contribution in [0.25, 0.3) is 11.5 Å². The number of aryl methyl sites for hydroxylation is 1. The summed E-state index contributed by atoms with van der Waals surface area (Å²) in [4.78, 5) is 6.64. The summed E-state index contributed by atoms with van der Waals surface area (Å²) in [5.74, 6) is 0.652. The second kappa shape index (κ2) is 8.20. The SMILES string of the molecule is Cc1cccc(-c2nc(S(=O)(=O)c3ccc(Cl)cc3)c(N3CCCCCC3)o2)c1. The fourth-order valence-corrected chi connectivity index (χ4v) is 5.02. The monoisotopic (exact) mass is 430 g/mol. The molecular formula is C22H23ClN2O3S. The molecule has 0 atom stereocenters. The molecule has 1 aromatic heterocycles. The van der Waals surface area contributed by atoms with Crippen LogP contribution in [0.3, 0.4) is 0 Å². The first kappa shape index (κ1) is 20.0. The molecule has 5 nitrogen and oxygen atoms in total. The minimum Gasteiger partial charge on any atom is -0.419 e. The van der Waals surface area contributed by atoms with Gasteiger partial charge in [0.15, 0.2) is 0 Å². The lowest BCUT2D eigenvalue weighted by molar-refractivity contribution is 0.543. The van der Waals surface area contributed by atoms with Crippen LogP contribution in [0, 0.1) is 6.92 Å². The Kier molecular flexibility index (Phi) is 5.65. The maximum Gasteiger partial charge on any atom is 0.236 e. The van der Waals surface area contributed by atoms with Crippen LogP contribution in [0.1, 0.15) is 31.2 Å². The van der Waals surface area contributed by atoms with E-state index in [9.17, 15) is 8.42 Å². The minimum atomic E-state index is -3.85. The zero-order valence-corrected chi connectivity index (χ0v) is 17.8. The summed E-state index contributed by atoms with van der Waals surface area (Å²) in [5.41, 5.74) is 1.82. The maximum absolute atomic E-state index is 13.4. The third kappa shape index (κ3) is 4.19. The lowest BCUT2D eigenvalue weighted by Gasteiger charge is -2.20. The van der Waals surface area contributed by atoms with Gasteiger partial charge in [0.05, 0.1) is 4.90 Å². The molecule has 2 heterocycles. The molecule has 1 aliphatic heterocycles. The molecule has 4 rings (SSSR count). The van der Waals surface area contributed by atoms with Crippen molar-refractivity contribution in [1.82, 2.24) is 4.98 Å². The van der Waals surface area contributed by atoms with Gasteiger partial charge in [0.1, 0.15) is 0 Å². The third-order valence-electron chi connectivity index (χ3n) is 5.12. The predicted octanol–water partition coefficient (Wildman–Crippen LogP) is 5.52.